The van der Waals surface area contributed by atoms with Gasteiger partial charge in [0.25, 0.3) is 0 Å². The summed E-state index contributed by atoms with van der Waals surface area (Å²) in [6.45, 7) is 0. The van der Waals surface area contributed by atoms with Gasteiger partial charge in [-0.2, -0.15) is 18.2 Å². The number of aryl methyl sites for hydroxylation is 1. The first kappa shape index (κ1) is 18.4. The van der Waals surface area contributed by atoms with Crippen molar-refractivity contribution in [3.05, 3.63) is 23.8 Å². The highest BCUT2D eigenvalue weighted by Crippen LogP contribution is 2.43. The van der Waals surface area contributed by atoms with Crippen molar-refractivity contribution < 1.29 is 17.9 Å². The second-order valence-electron chi connectivity index (χ2n) is 5.44. The number of aromatic nitrogens is 6. The number of tetrazole rings is 1. The Kier molecular flexibility index (Phi) is 4.56. The van der Waals surface area contributed by atoms with Crippen LogP contribution in [0.2, 0.25) is 0 Å². The monoisotopic (exact) mass is 380 g/mol. The van der Waals surface area contributed by atoms with Gasteiger partial charge in [0, 0.05) is 25.2 Å². The highest BCUT2D eigenvalue weighted by atomic mass is 19.4. The Bertz CT molecular complexity index is 986. The predicted octanol–water partition coefficient (Wildman–Crippen LogP) is 1.99. The Morgan fingerprint density at radius 1 is 1.22 bits per heavy atom. The van der Waals surface area contributed by atoms with Crippen LogP contribution in [0.4, 0.5) is 24.9 Å². The zero-order chi connectivity index (χ0) is 19.8. The summed E-state index contributed by atoms with van der Waals surface area (Å²) in [7, 11) is 4.30. The summed E-state index contributed by atoms with van der Waals surface area (Å²) in [5.74, 6) is -0.144. The fourth-order valence-corrected chi connectivity index (χ4v) is 2.62. The molecule has 27 heavy (non-hydrogen) atoms. The number of nitrogens with zero attached hydrogens (tertiary/aromatic N) is 6. The van der Waals surface area contributed by atoms with Crippen LogP contribution in [-0.2, 0) is 13.2 Å². The molecule has 0 aliphatic carbocycles. The molecule has 1 aromatic carbocycles. The molecule has 0 aliphatic heterocycles. The van der Waals surface area contributed by atoms with Crippen molar-refractivity contribution in [1.82, 2.24) is 30.2 Å². The third kappa shape index (κ3) is 3.32. The summed E-state index contributed by atoms with van der Waals surface area (Å²) in [6, 6.07) is 4.54. The van der Waals surface area contributed by atoms with Crippen molar-refractivity contribution in [2.45, 2.75) is 6.18 Å². The number of hydrogen-bond donors (Lipinski definition) is 2. The average Bonchev–Trinajstić information content (AvgIpc) is 3.05. The van der Waals surface area contributed by atoms with Gasteiger partial charge in [0.05, 0.1) is 12.8 Å². The molecule has 3 aromatic rings. The largest absolute Gasteiger partial charge is 0.496 e. The van der Waals surface area contributed by atoms with Gasteiger partial charge in [-0.3, -0.25) is 0 Å². The molecule has 0 atom stereocenters. The number of nitrogen functional groups attached to an aromatic ring is 1. The summed E-state index contributed by atoms with van der Waals surface area (Å²) in [5.41, 5.74) is 4.84. The number of hydrogen-bond acceptors (Lipinski definition) is 8. The van der Waals surface area contributed by atoms with Crippen LogP contribution in [0.3, 0.4) is 0 Å². The third-order valence-electron chi connectivity index (χ3n) is 3.78. The molecule has 2 aromatic heterocycles. The quantitative estimate of drug-likeness (QED) is 0.706. The maximum atomic E-state index is 13.7. The van der Waals surface area contributed by atoms with Gasteiger partial charge >= 0.3 is 6.18 Å². The molecule has 3 N–H and O–H groups in total. The topological polar surface area (TPSA) is 117 Å². The molecule has 0 radical (unpaired) electrons. The Labute approximate surface area is 151 Å². The number of halogens is 3. The summed E-state index contributed by atoms with van der Waals surface area (Å²) in [4.78, 5) is 7.45. The lowest BCUT2D eigenvalue weighted by atomic mass is 10.0. The Morgan fingerprint density at radius 3 is 2.52 bits per heavy atom. The zero-order valence-electron chi connectivity index (χ0n) is 14.5. The molecule has 0 spiro atoms. The standard InChI is InChI=1S/C15H15F3N8O/c1-20-12-10(15(16,17)18)11(21-14(19)22-12)8-5-4-7(6-9(8)27-3)13-23-24-25-26(13)2/h4-6H,1-3H3,(H3,19,20,21,22). The molecule has 0 bridgehead atoms. The fourth-order valence-electron chi connectivity index (χ4n) is 2.62. The maximum Gasteiger partial charge on any atom is 0.422 e. The Balaban J connectivity index is 2.25. The van der Waals surface area contributed by atoms with Crippen molar-refractivity contribution in [3.63, 3.8) is 0 Å². The molecule has 9 nitrogen and oxygen atoms in total. The first-order valence-corrected chi connectivity index (χ1v) is 7.59. The lowest BCUT2D eigenvalue weighted by Gasteiger charge is -2.18. The minimum absolute atomic E-state index is 0.106. The molecule has 0 fully saturated rings. The molecule has 0 amide bonds. The van der Waals surface area contributed by atoms with Crippen LogP contribution in [-0.4, -0.2) is 44.3 Å². The number of benzene rings is 1. The van der Waals surface area contributed by atoms with E-state index in [9.17, 15) is 13.2 Å². The van der Waals surface area contributed by atoms with Crippen molar-refractivity contribution in [3.8, 4) is 28.4 Å². The summed E-state index contributed by atoms with van der Waals surface area (Å²) >= 11 is 0. The van der Waals surface area contributed by atoms with E-state index in [1.54, 1.807) is 13.1 Å². The first-order valence-electron chi connectivity index (χ1n) is 7.59. The van der Waals surface area contributed by atoms with Gasteiger partial charge in [0.15, 0.2) is 5.82 Å². The Morgan fingerprint density at radius 2 is 1.96 bits per heavy atom. The number of anilines is 2. The van der Waals surface area contributed by atoms with Crippen LogP contribution in [0.25, 0.3) is 22.6 Å². The van der Waals surface area contributed by atoms with Crippen molar-refractivity contribution >= 4 is 11.8 Å². The summed E-state index contributed by atoms with van der Waals surface area (Å²) < 4.78 is 47.7. The fraction of sp³-hybridized carbons (Fsp3) is 0.267. The van der Waals surface area contributed by atoms with E-state index in [-0.39, 0.29) is 23.0 Å². The molecule has 0 saturated heterocycles. The lowest BCUT2D eigenvalue weighted by molar-refractivity contribution is -0.136. The van der Waals surface area contributed by atoms with Crippen molar-refractivity contribution in [2.24, 2.45) is 7.05 Å². The molecular weight excluding hydrogens is 365 g/mol. The minimum atomic E-state index is -4.71. The van der Waals surface area contributed by atoms with Gasteiger partial charge in [-0.05, 0) is 22.6 Å². The first-order chi connectivity index (χ1) is 12.8. The molecule has 12 heteroatoms. The number of alkyl halides is 3. The smallest absolute Gasteiger partial charge is 0.422 e. The van der Waals surface area contributed by atoms with E-state index >= 15 is 0 Å². The van der Waals surface area contributed by atoms with Crippen LogP contribution in [0.1, 0.15) is 5.56 Å². The van der Waals surface area contributed by atoms with Gasteiger partial charge in [0.2, 0.25) is 5.95 Å². The highest BCUT2D eigenvalue weighted by molar-refractivity contribution is 5.78. The van der Waals surface area contributed by atoms with Crippen molar-refractivity contribution in [2.75, 3.05) is 25.2 Å². The average molecular weight is 380 g/mol. The number of rotatable bonds is 4. The van der Waals surface area contributed by atoms with Crippen LogP contribution >= 0.6 is 0 Å². The van der Waals surface area contributed by atoms with E-state index < -0.39 is 17.6 Å². The molecule has 0 saturated carbocycles. The molecule has 142 valence electrons. The maximum absolute atomic E-state index is 13.7. The van der Waals surface area contributed by atoms with Gasteiger partial charge in [-0.15, -0.1) is 5.10 Å². The van der Waals surface area contributed by atoms with Crippen LogP contribution in [0.5, 0.6) is 5.75 Å². The van der Waals surface area contributed by atoms with Gasteiger partial charge in [0.1, 0.15) is 17.1 Å². The summed E-state index contributed by atoms with van der Waals surface area (Å²) in [6.07, 6.45) is -4.71. The molecule has 0 aliphatic rings. The van der Waals surface area contributed by atoms with Crippen LogP contribution < -0.4 is 15.8 Å². The number of methoxy groups -OCH3 is 1. The predicted molar refractivity (Wildman–Crippen MR) is 90.8 cm³/mol. The third-order valence-corrected chi connectivity index (χ3v) is 3.78. The van der Waals surface area contributed by atoms with E-state index in [4.69, 9.17) is 10.5 Å². The number of ether oxygens (including phenoxy) is 1. The van der Waals surface area contributed by atoms with E-state index in [1.807, 2.05) is 0 Å². The van der Waals surface area contributed by atoms with Crippen molar-refractivity contribution in [1.29, 1.82) is 0 Å². The van der Waals surface area contributed by atoms with Gasteiger partial charge in [-0.25, -0.2) is 9.67 Å². The molecule has 3 rings (SSSR count). The van der Waals surface area contributed by atoms with E-state index in [0.717, 1.165) is 0 Å². The second kappa shape index (κ2) is 6.70. The highest BCUT2D eigenvalue weighted by Gasteiger charge is 2.39. The zero-order valence-corrected chi connectivity index (χ0v) is 14.5. The molecule has 0 unspecified atom stereocenters. The SMILES string of the molecule is CNc1nc(N)nc(-c2ccc(-c3nnnn3C)cc2OC)c1C(F)(F)F. The van der Waals surface area contributed by atoms with E-state index in [0.29, 0.717) is 11.4 Å². The van der Waals surface area contributed by atoms with Crippen LogP contribution in [0, 0.1) is 0 Å². The normalized spacial score (nSPS) is 11.5. The summed E-state index contributed by atoms with van der Waals surface area (Å²) in [5, 5.41) is 13.6. The number of nitrogens with two attached hydrogens (primary N) is 1. The van der Waals surface area contributed by atoms with E-state index in [2.05, 4.69) is 30.8 Å². The van der Waals surface area contributed by atoms with Gasteiger partial charge in [-0.1, -0.05) is 6.07 Å². The van der Waals surface area contributed by atoms with Crippen LogP contribution in [0.15, 0.2) is 18.2 Å². The minimum Gasteiger partial charge on any atom is -0.496 e. The lowest BCUT2D eigenvalue weighted by Crippen LogP contribution is -2.15. The van der Waals surface area contributed by atoms with E-state index in [1.165, 1.54) is 31.0 Å². The molecular formula is C15H15F3N8O. The van der Waals surface area contributed by atoms with Gasteiger partial charge < -0.3 is 15.8 Å². The molecule has 2 heterocycles. The second-order valence-corrected chi connectivity index (χ2v) is 5.44. The number of nitrogens with one attached hydrogen (secondary N) is 1. The Hall–Kier alpha value is -3.44.